The Labute approximate surface area is 260 Å². The minimum absolute atomic E-state index is 0.785. The highest BCUT2D eigenvalue weighted by Crippen LogP contribution is 2.34. The van der Waals surface area contributed by atoms with Crippen LogP contribution in [0.2, 0.25) is 0 Å². The number of hydrogen-bond donors (Lipinski definition) is 12. The van der Waals surface area contributed by atoms with Gasteiger partial charge in [-0.3, -0.25) is 0 Å². The fourth-order valence-corrected chi connectivity index (χ4v) is 5.59. The number of hydrogen-bond acceptors (Lipinski definition) is 21. The summed E-state index contributed by atoms with van der Waals surface area (Å²) in [6.45, 7) is -0.343. The summed E-state index contributed by atoms with van der Waals surface area (Å²) in [6, 6.07) is 0. The summed E-state index contributed by atoms with van der Waals surface area (Å²) >= 11 is 0. The number of carbonyl (C=O) groups is 1. The van der Waals surface area contributed by atoms with Crippen LogP contribution in [0.4, 0.5) is 0 Å². The van der Waals surface area contributed by atoms with Crippen molar-refractivity contribution in [1.29, 1.82) is 0 Å². The lowest BCUT2D eigenvalue weighted by Crippen LogP contribution is -2.67. The molecule has 0 aliphatic carbocycles. The number of ether oxygens (including phenoxy) is 8. The highest BCUT2D eigenvalue weighted by Gasteiger charge is 2.55. The lowest BCUT2D eigenvalue weighted by Gasteiger charge is -2.49. The molecule has 4 rings (SSSR count). The van der Waals surface area contributed by atoms with E-state index in [1.165, 1.54) is 6.92 Å². The average Bonchev–Trinajstić information content (AvgIpc) is 3.03. The van der Waals surface area contributed by atoms with Crippen molar-refractivity contribution in [2.45, 2.75) is 130 Å². The third-order valence-corrected chi connectivity index (χ3v) is 8.32. The van der Waals surface area contributed by atoms with Gasteiger partial charge in [-0.1, -0.05) is 0 Å². The molecule has 4 aliphatic heterocycles. The smallest absolute Gasteiger partial charge is 0.337 e. The Hall–Kier alpha value is -1.29. The fourth-order valence-electron chi connectivity index (χ4n) is 5.59. The topological polar surface area (TPSA) is 334 Å². The van der Waals surface area contributed by atoms with Gasteiger partial charge < -0.3 is 99.2 Å². The average molecular weight is 679 g/mol. The van der Waals surface area contributed by atoms with Crippen molar-refractivity contribution in [3.8, 4) is 0 Å². The molecule has 4 aliphatic rings. The lowest BCUT2D eigenvalue weighted by atomic mass is 9.95. The normalized spacial score (nSPS) is 51.9. The van der Waals surface area contributed by atoms with E-state index in [0.717, 1.165) is 7.11 Å². The zero-order chi connectivity index (χ0) is 34.2. The molecule has 0 aromatic carbocycles. The third-order valence-electron chi connectivity index (χ3n) is 8.32. The summed E-state index contributed by atoms with van der Waals surface area (Å²) in [5.74, 6) is -1.15. The van der Waals surface area contributed by atoms with Crippen molar-refractivity contribution in [1.82, 2.24) is 0 Å². The van der Waals surface area contributed by atoms with Gasteiger partial charge >= 0.3 is 5.97 Å². The highest BCUT2D eigenvalue weighted by atomic mass is 16.8. The van der Waals surface area contributed by atoms with Gasteiger partial charge in [-0.2, -0.15) is 0 Å². The van der Waals surface area contributed by atoms with Crippen LogP contribution in [0.25, 0.3) is 0 Å². The van der Waals surface area contributed by atoms with E-state index >= 15 is 0 Å². The van der Waals surface area contributed by atoms with E-state index in [1.807, 2.05) is 0 Å². The Morgan fingerprint density at radius 3 is 1.59 bits per heavy atom. The van der Waals surface area contributed by atoms with Gasteiger partial charge in [-0.15, -0.1) is 0 Å². The number of esters is 1. The standard InChI is InChI=1S/C25H42O21/c1-5-17(43-23-13(33)10(30)8(28)6(3-26)41-23)19(15(35)21(37)40-5)45-25-16(36)18(9(29)7(4-27)42-25)44-24-14(34)11(31)12(32)20(46-24)22(38)39-2/h5-21,23-37H,3-4H2,1-2H3/t5-,6+,7+,8+,9-,10-,11-,12-,13+,14+,15+,16+,17-,18-,19-,20-,21+,23-,24-,25+/m0/s1. The molecule has 4 fully saturated rings. The largest absolute Gasteiger partial charge is 0.467 e. The number of methoxy groups -OCH3 is 1. The summed E-state index contributed by atoms with van der Waals surface area (Å²) in [5, 5.41) is 124. The van der Waals surface area contributed by atoms with E-state index in [0.29, 0.717) is 0 Å². The summed E-state index contributed by atoms with van der Waals surface area (Å²) < 4.78 is 42.9. The molecule has 0 aromatic heterocycles. The van der Waals surface area contributed by atoms with Gasteiger partial charge in [-0.05, 0) is 6.92 Å². The number of rotatable bonds is 9. The third kappa shape index (κ3) is 7.33. The van der Waals surface area contributed by atoms with Crippen LogP contribution in [0.1, 0.15) is 6.92 Å². The molecule has 12 N–H and O–H groups in total. The van der Waals surface area contributed by atoms with Crippen LogP contribution >= 0.6 is 0 Å². The van der Waals surface area contributed by atoms with E-state index in [9.17, 15) is 66.1 Å². The Morgan fingerprint density at radius 2 is 1.02 bits per heavy atom. The predicted octanol–water partition coefficient (Wildman–Crippen LogP) is -8.54. The maximum Gasteiger partial charge on any atom is 0.337 e. The quantitative estimate of drug-likeness (QED) is 0.101. The molecule has 21 nitrogen and oxygen atoms in total. The second-order valence-electron chi connectivity index (χ2n) is 11.3. The van der Waals surface area contributed by atoms with Crippen LogP contribution in [-0.2, 0) is 42.7 Å². The second kappa shape index (κ2) is 15.5. The molecular weight excluding hydrogens is 636 g/mol. The second-order valence-corrected chi connectivity index (χ2v) is 11.3. The van der Waals surface area contributed by atoms with Gasteiger partial charge in [0.05, 0.1) is 26.4 Å². The molecule has 0 radical (unpaired) electrons. The van der Waals surface area contributed by atoms with Gasteiger partial charge in [0.15, 0.2) is 31.3 Å². The van der Waals surface area contributed by atoms with Crippen LogP contribution in [0, 0.1) is 0 Å². The molecule has 0 amide bonds. The molecule has 0 bridgehead atoms. The van der Waals surface area contributed by atoms with Gasteiger partial charge in [0.1, 0.15) is 85.5 Å². The van der Waals surface area contributed by atoms with Crippen LogP contribution in [0.3, 0.4) is 0 Å². The van der Waals surface area contributed by atoms with Gasteiger partial charge in [0.25, 0.3) is 0 Å². The SMILES string of the molecule is COC(=O)[C@H]1O[C@H](O[C@H]2[C@@H](O)[C@@H](CO)O[C@H](O[C@H]3[C@@H](O)[C@H](O)O[C@@H](C)[C@@H]3O[C@@H]3O[C@H](CO)[C@@H](O)[C@H](O)[C@H]3O)[C@@H]2O)[C@H](O)[C@@H](O)[C@@H]1O. The first-order chi connectivity index (χ1) is 21.7. The van der Waals surface area contributed by atoms with Crippen molar-refractivity contribution in [2.75, 3.05) is 20.3 Å². The Balaban J connectivity index is 1.56. The van der Waals surface area contributed by atoms with Crippen LogP contribution < -0.4 is 0 Å². The predicted molar refractivity (Wildman–Crippen MR) is 137 cm³/mol. The maximum atomic E-state index is 12.1. The van der Waals surface area contributed by atoms with Gasteiger partial charge in [-0.25, -0.2) is 4.79 Å². The first-order valence-corrected chi connectivity index (χ1v) is 14.3. The van der Waals surface area contributed by atoms with E-state index in [-0.39, 0.29) is 0 Å². The fraction of sp³-hybridized carbons (Fsp3) is 0.960. The molecule has 0 aromatic rings. The molecule has 0 unspecified atom stereocenters. The van der Waals surface area contributed by atoms with Crippen molar-refractivity contribution >= 4 is 5.97 Å². The summed E-state index contributed by atoms with van der Waals surface area (Å²) in [7, 11) is 0.961. The molecule has 0 spiro atoms. The van der Waals surface area contributed by atoms with Crippen molar-refractivity contribution in [3.05, 3.63) is 0 Å². The molecule has 268 valence electrons. The number of aliphatic hydroxyl groups is 12. The maximum absolute atomic E-state index is 12.1. The Morgan fingerprint density at radius 1 is 0.543 bits per heavy atom. The van der Waals surface area contributed by atoms with E-state index in [1.54, 1.807) is 0 Å². The van der Waals surface area contributed by atoms with E-state index < -0.39 is 142 Å². The zero-order valence-corrected chi connectivity index (χ0v) is 24.5. The summed E-state index contributed by atoms with van der Waals surface area (Å²) in [4.78, 5) is 12.1. The molecule has 4 saturated heterocycles. The number of carbonyl (C=O) groups excluding carboxylic acids is 1. The molecule has 20 atom stereocenters. The molecule has 46 heavy (non-hydrogen) atoms. The minimum atomic E-state index is -2.07. The Kier molecular flexibility index (Phi) is 12.6. The molecule has 21 heteroatoms. The van der Waals surface area contributed by atoms with Crippen molar-refractivity contribution in [3.63, 3.8) is 0 Å². The zero-order valence-electron chi connectivity index (χ0n) is 24.5. The monoisotopic (exact) mass is 678 g/mol. The summed E-state index contributed by atoms with van der Waals surface area (Å²) in [6.07, 6.45) is -36.0. The minimum Gasteiger partial charge on any atom is -0.467 e. The van der Waals surface area contributed by atoms with Crippen molar-refractivity contribution in [2.24, 2.45) is 0 Å². The molecule has 4 heterocycles. The van der Waals surface area contributed by atoms with E-state index in [4.69, 9.17) is 33.2 Å². The summed E-state index contributed by atoms with van der Waals surface area (Å²) in [5.41, 5.74) is 0. The lowest BCUT2D eigenvalue weighted by molar-refractivity contribution is -0.390. The van der Waals surface area contributed by atoms with Crippen LogP contribution in [0.15, 0.2) is 0 Å². The molecule has 0 saturated carbocycles. The van der Waals surface area contributed by atoms with Crippen LogP contribution in [0.5, 0.6) is 0 Å². The Bertz CT molecular complexity index is 989. The van der Waals surface area contributed by atoms with Crippen molar-refractivity contribution < 1.29 is 104 Å². The first-order valence-electron chi connectivity index (χ1n) is 14.3. The molecular formula is C25H42O21. The van der Waals surface area contributed by atoms with Gasteiger partial charge in [0, 0.05) is 0 Å². The van der Waals surface area contributed by atoms with Gasteiger partial charge in [0.2, 0.25) is 0 Å². The number of aliphatic hydroxyl groups excluding tert-OH is 12. The van der Waals surface area contributed by atoms with Crippen LogP contribution in [-0.4, -0.2) is 210 Å². The highest BCUT2D eigenvalue weighted by molar-refractivity contribution is 5.75. The van der Waals surface area contributed by atoms with E-state index in [2.05, 4.69) is 4.74 Å². The first kappa shape index (κ1) is 37.5.